The second kappa shape index (κ2) is 3.82. The number of nitrogens with two attached hydrogens (primary N) is 1. The normalized spacial score (nSPS) is 10.2. The molecule has 2 heterocycles. The maximum atomic E-state index is 7.22. The summed E-state index contributed by atoms with van der Waals surface area (Å²) in [6.45, 7) is 0. The van der Waals surface area contributed by atoms with Crippen molar-refractivity contribution in [3.63, 3.8) is 0 Å². The molecule has 2 aromatic rings. The fourth-order valence-electron chi connectivity index (χ4n) is 1.11. The Kier molecular flexibility index (Phi) is 2.51. The van der Waals surface area contributed by atoms with Gasteiger partial charge in [-0.3, -0.25) is 5.41 Å². The number of hydrogen-bond acceptors (Lipinski definition) is 3. The Hall–Kier alpha value is -1.69. The Bertz CT molecular complexity index is 487. The topological polar surface area (TPSA) is 80.6 Å². The third-order valence-corrected chi connectivity index (χ3v) is 2.25. The van der Waals surface area contributed by atoms with Gasteiger partial charge in [0.2, 0.25) is 0 Å². The fourth-order valence-corrected chi connectivity index (χ4v) is 1.39. The fraction of sp³-hybridized carbons (Fsp3) is 0. The maximum absolute atomic E-state index is 7.22. The molecule has 0 aliphatic heterocycles. The first-order chi connectivity index (χ1) is 7.16. The van der Waals surface area contributed by atoms with Crippen molar-refractivity contribution in [1.29, 1.82) is 5.41 Å². The molecule has 0 atom stereocenters. The Morgan fingerprint density at radius 2 is 2.20 bits per heavy atom. The van der Waals surface area contributed by atoms with Crippen LogP contribution in [0.5, 0.6) is 0 Å². The van der Waals surface area contributed by atoms with E-state index < -0.39 is 0 Å². The zero-order valence-corrected chi connectivity index (χ0v) is 9.27. The predicted octanol–water partition coefficient (Wildman–Crippen LogP) is 1.31. The van der Waals surface area contributed by atoms with Crippen LogP contribution in [0, 0.1) is 5.41 Å². The van der Waals surface area contributed by atoms with E-state index in [2.05, 4.69) is 26.0 Å². The van der Waals surface area contributed by atoms with E-state index in [9.17, 15) is 0 Å². The molecule has 0 bridgehead atoms. The number of pyridine rings is 1. The lowest BCUT2D eigenvalue weighted by Crippen LogP contribution is -2.11. The van der Waals surface area contributed by atoms with Gasteiger partial charge in [0.25, 0.3) is 0 Å². The van der Waals surface area contributed by atoms with Crippen LogP contribution in [0.4, 0.5) is 0 Å². The largest absolute Gasteiger partial charge is 0.384 e. The number of nitrogens with one attached hydrogen (secondary N) is 1. The quantitative estimate of drug-likeness (QED) is 0.635. The highest BCUT2D eigenvalue weighted by Crippen LogP contribution is 2.10. The molecule has 0 radical (unpaired) electrons. The Labute approximate surface area is 94.6 Å². The van der Waals surface area contributed by atoms with Crippen LogP contribution in [-0.4, -0.2) is 20.6 Å². The Morgan fingerprint density at radius 3 is 2.67 bits per heavy atom. The Balaban J connectivity index is 2.35. The van der Waals surface area contributed by atoms with E-state index in [0.29, 0.717) is 11.4 Å². The molecular weight excluding hydrogens is 258 g/mol. The summed E-state index contributed by atoms with van der Waals surface area (Å²) in [6.07, 6.45) is 5.03. The molecule has 15 heavy (non-hydrogen) atoms. The summed E-state index contributed by atoms with van der Waals surface area (Å²) in [5, 5.41) is 11.3. The lowest BCUT2D eigenvalue weighted by molar-refractivity contribution is 0.846. The van der Waals surface area contributed by atoms with Crippen LogP contribution in [-0.2, 0) is 0 Å². The third-order valence-electron chi connectivity index (χ3n) is 1.84. The van der Waals surface area contributed by atoms with E-state index in [1.165, 1.54) is 0 Å². The number of nitrogens with zero attached hydrogens (tertiary/aromatic N) is 3. The van der Waals surface area contributed by atoms with E-state index in [4.69, 9.17) is 11.1 Å². The average molecular weight is 266 g/mol. The first-order valence-corrected chi connectivity index (χ1v) is 4.97. The van der Waals surface area contributed by atoms with E-state index >= 15 is 0 Å². The molecule has 0 amide bonds. The number of rotatable bonds is 2. The monoisotopic (exact) mass is 265 g/mol. The molecular formula is C9H8BrN5. The van der Waals surface area contributed by atoms with Crippen LogP contribution in [0.1, 0.15) is 5.56 Å². The van der Waals surface area contributed by atoms with Gasteiger partial charge in [0.1, 0.15) is 5.84 Å². The van der Waals surface area contributed by atoms with Crippen LogP contribution in [0.2, 0.25) is 0 Å². The van der Waals surface area contributed by atoms with Gasteiger partial charge in [-0.2, -0.15) is 5.10 Å². The summed E-state index contributed by atoms with van der Waals surface area (Å²) in [5.41, 5.74) is 5.92. The van der Waals surface area contributed by atoms with Crippen LogP contribution >= 0.6 is 15.9 Å². The molecule has 0 unspecified atom stereocenters. The van der Waals surface area contributed by atoms with Gasteiger partial charge in [-0.25, -0.2) is 9.67 Å². The van der Waals surface area contributed by atoms with Gasteiger partial charge in [-0.1, -0.05) is 0 Å². The molecule has 6 heteroatoms. The van der Waals surface area contributed by atoms with Gasteiger partial charge in [-0.15, -0.1) is 0 Å². The van der Waals surface area contributed by atoms with Gasteiger partial charge in [0, 0.05) is 18.0 Å². The number of aromatic nitrogens is 3. The number of nitrogen functional groups attached to an aromatic ring is 1. The van der Waals surface area contributed by atoms with Crippen LogP contribution in [0.3, 0.4) is 0 Å². The van der Waals surface area contributed by atoms with Crippen LogP contribution < -0.4 is 5.73 Å². The van der Waals surface area contributed by atoms with E-state index in [-0.39, 0.29) is 5.84 Å². The lowest BCUT2D eigenvalue weighted by atomic mass is 10.2. The van der Waals surface area contributed by atoms with Gasteiger partial charge in [-0.05, 0) is 28.1 Å². The van der Waals surface area contributed by atoms with Gasteiger partial charge in [0.15, 0.2) is 5.82 Å². The van der Waals surface area contributed by atoms with Crippen LogP contribution in [0.25, 0.3) is 5.82 Å². The summed E-state index contributed by atoms with van der Waals surface area (Å²) in [5.74, 6) is 0.696. The maximum Gasteiger partial charge on any atom is 0.153 e. The molecule has 2 rings (SSSR count). The highest BCUT2D eigenvalue weighted by atomic mass is 79.9. The molecule has 2 aromatic heterocycles. The predicted molar refractivity (Wildman–Crippen MR) is 60.1 cm³/mol. The Morgan fingerprint density at radius 1 is 1.40 bits per heavy atom. The minimum absolute atomic E-state index is 0.00990. The molecule has 0 saturated carbocycles. The highest BCUT2D eigenvalue weighted by Gasteiger charge is 2.01. The van der Waals surface area contributed by atoms with Crippen molar-refractivity contribution >= 4 is 21.8 Å². The highest BCUT2D eigenvalue weighted by molar-refractivity contribution is 9.10. The van der Waals surface area contributed by atoms with Gasteiger partial charge in [0.05, 0.1) is 10.7 Å². The van der Waals surface area contributed by atoms with Crippen molar-refractivity contribution in [3.05, 3.63) is 40.8 Å². The standard InChI is InChI=1S/C9H8BrN5/c10-7-4-14-15(5-7)8-2-1-6(3-13-8)9(11)12/h1-5H,(H3,11,12). The summed E-state index contributed by atoms with van der Waals surface area (Å²) in [4.78, 5) is 4.14. The van der Waals surface area contributed by atoms with E-state index in [1.54, 1.807) is 35.4 Å². The molecule has 0 aliphatic carbocycles. The molecule has 0 spiro atoms. The molecule has 76 valence electrons. The summed E-state index contributed by atoms with van der Waals surface area (Å²) in [7, 11) is 0. The summed E-state index contributed by atoms with van der Waals surface area (Å²) >= 11 is 3.30. The van der Waals surface area contributed by atoms with Crippen LogP contribution in [0.15, 0.2) is 35.2 Å². The smallest absolute Gasteiger partial charge is 0.153 e. The molecule has 0 aromatic carbocycles. The van der Waals surface area contributed by atoms with Crippen molar-refractivity contribution in [2.45, 2.75) is 0 Å². The molecule has 5 nitrogen and oxygen atoms in total. The number of amidine groups is 1. The summed E-state index contributed by atoms with van der Waals surface area (Å²) in [6, 6.07) is 3.50. The first-order valence-electron chi connectivity index (χ1n) is 4.18. The zero-order valence-electron chi connectivity index (χ0n) is 7.68. The molecule has 3 N–H and O–H groups in total. The summed E-state index contributed by atoms with van der Waals surface area (Å²) < 4.78 is 2.52. The van der Waals surface area contributed by atoms with E-state index in [0.717, 1.165) is 4.47 Å². The first kappa shape index (κ1) is 9.85. The molecule has 0 saturated heterocycles. The van der Waals surface area contributed by atoms with Crippen molar-refractivity contribution in [1.82, 2.24) is 14.8 Å². The van der Waals surface area contributed by atoms with Gasteiger partial charge >= 0.3 is 0 Å². The van der Waals surface area contributed by atoms with Crippen molar-refractivity contribution in [3.8, 4) is 5.82 Å². The second-order valence-electron chi connectivity index (χ2n) is 2.92. The third kappa shape index (κ3) is 2.04. The number of halogens is 1. The van der Waals surface area contributed by atoms with Gasteiger partial charge < -0.3 is 5.73 Å². The van der Waals surface area contributed by atoms with Crippen molar-refractivity contribution in [2.24, 2.45) is 5.73 Å². The second-order valence-corrected chi connectivity index (χ2v) is 3.84. The van der Waals surface area contributed by atoms with Crippen molar-refractivity contribution in [2.75, 3.05) is 0 Å². The number of hydrogen-bond donors (Lipinski definition) is 2. The minimum atomic E-state index is 0.00990. The molecule has 0 fully saturated rings. The lowest BCUT2D eigenvalue weighted by Gasteiger charge is -2.01. The van der Waals surface area contributed by atoms with E-state index in [1.807, 2.05) is 0 Å². The molecule has 0 aliphatic rings. The van der Waals surface area contributed by atoms with Crippen molar-refractivity contribution < 1.29 is 0 Å². The minimum Gasteiger partial charge on any atom is -0.384 e. The zero-order chi connectivity index (χ0) is 10.8. The average Bonchev–Trinajstić information content (AvgIpc) is 2.65. The SMILES string of the molecule is N=C(N)c1ccc(-n2cc(Br)cn2)nc1.